The van der Waals surface area contributed by atoms with Gasteiger partial charge in [-0.25, -0.2) is 9.59 Å². The van der Waals surface area contributed by atoms with Crippen molar-refractivity contribution in [3.63, 3.8) is 0 Å². The van der Waals surface area contributed by atoms with Crippen LogP contribution in [0, 0.1) is 12.8 Å². The van der Waals surface area contributed by atoms with Gasteiger partial charge in [0.15, 0.2) is 5.72 Å². The molecule has 2 fully saturated rings. The first-order valence-corrected chi connectivity index (χ1v) is 17.7. The van der Waals surface area contributed by atoms with Crippen LogP contribution in [0.4, 0.5) is 32.3 Å². The fourth-order valence-corrected chi connectivity index (χ4v) is 7.34. The van der Waals surface area contributed by atoms with E-state index in [1.54, 1.807) is 70.5 Å². The number of nitrogens with two attached hydrogens (primary N) is 1. The molecular formula is C38H48ClN5O9. The lowest BCUT2D eigenvalue weighted by Gasteiger charge is -2.42. The summed E-state index contributed by atoms with van der Waals surface area (Å²) in [6.45, 7) is 8.99. The van der Waals surface area contributed by atoms with Crippen LogP contribution in [0.3, 0.4) is 0 Å². The summed E-state index contributed by atoms with van der Waals surface area (Å²) < 4.78 is 29.2. The number of allylic oxidation sites excluding steroid dienone is 3. The summed E-state index contributed by atoms with van der Waals surface area (Å²) in [7, 11) is 4.51. The maximum Gasteiger partial charge on any atom is 0.412 e. The number of nitrogen functional groups attached to an aromatic ring is 1. The van der Waals surface area contributed by atoms with Crippen LogP contribution in [0.5, 0.6) is 5.75 Å². The van der Waals surface area contributed by atoms with Crippen LogP contribution in [-0.4, -0.2) is 86.4 Å². The first-order valence-electron chi connectivity index (χ1n) is 17.3. The van der Waals surface area contributed by atoms with Gasteiger partial charge in [0.1, 0.15) is 34.7 Å². The van der Waals surface area contributed by atoms with E-state index in [1.807, 2.05) is 19.9 Å². The number of anilines is 3. The Balaban J connectivity index is 1.54. The molecule has 0 aliphatic carbocycles. The molecule has 2 saturated heterocycles. The van der Waals surface area contributed by atoms with Gasteiger partial charge in [-0.05, 0) is 63.9 Å². The normalized spacial score (nSPS) is 30.7. The lowest BCUT2D eigenvalue weighted by atomic mass is 9.83. The topological polar surface area (TPSA) is 187 Å². The molecule has 5 rings (SSSR count). The zero-order valence-corrected chi connectivity index (χ0v) is 31.9. The molecule has 286 valence electrons. The SMILES string of the molecule is C/C=N\c1c(N)ccc(NC(=O)O[C@H]2CC(=O)N(C)c3cc(cc(OC)c3Cl)C/C(C)=C/C=C/[C@@H](OC)[C@@]3(O)C[C@H](OC(=O)N3)[C@@H](C)[C@@H]3O[C@@]23C)c1C. The number of alkyl carbamates (subject to hydrolysis) is 1. The second kappa shape index (κ2) is 15.8. The van der Waals surface area contributed by atoms with Crippen LogP contribution in [0.1, 0.15) is 51.7 Å². The molecule has 53 heavy (non-hydrogen) atoms. The summed E-state index contributed by atoms with van der Waals surface area (Å²) in [5, 5.41) is 17.2. The maximum absolute atomic E-state index is 14.1. The van der Waals surface area contributed by atoms with E-state index in [1.165, 1.54) is 19.1 Å². The molecule has 2 aromatic rings. The highest BCUT2D eigenvalue weighted by Crippen LogP contribution is 2.49. The van der Waals surface area contributed by atoms with Gasteiger partial charge in [0, 0.05) is 44.0 Å². The summed E-state index contributed by atoms with van der Waals surface area (Å²) >= 11 is 6.76. The van der Waals surface area contributed by atoms with E-state index in [2.05, 4.69) is 15.6 Å². The fraction of sp³-hybridized carbons (Fsp3) is 0.474. The highest BCUT2D eigenvalue weighted by atomic mass is 35.5. The van der Waals surface area contributed by atoms with Crippen LogP contribution < -0.4 is 26.0 Å². The summed E-state index contributed by atoms with van der Waals surface area (Å²) in [5.41, 5.74) is 7.21. The minimum absolute atomic E-state index is 0.0435. The lowest BCUT2D eigenvalue weighted by Crippen LogP contribution is -2.63. The smallest absolute Gasteiger partial charge is 0.412 e. The predicted molar refractivity (Wildman–Crippen MR) is 202 cm³/mol. The Morgan fingerprint density at radius 2 is 1.98 bits per heavy atom. The number of ether oxygens (including phenoxy) is 5. The molecule has 0 saturated carbocycles. The van der Waals surface area contributed by atoms with E-state index < -0.39 is 59.8 Å². The highest BCUT2D eigenvalue weighted by molar-refractivity contribution is 6.35. The van der Waals surface area contributed by atoms with E-state index >= 15 is 0 Å². The number of nitrogens with zero attached hydrogens (tertiary/aromatic N) is 2. The van der Waals surface area contributed by atoms with Crippen molar-refractivity contribution >= 4 is 58.7 Å². The summed E-state index contributed by atoms with van der Waals surface area (Å²) in [4.78, 5) is 46.3. The number of carbonyl (C=O) groups excluding carboxylic acids is 3. The monoisotopic (exact) mass is 753 g/mol. The quantitative estimate of drug-likeness (QED) is 0.161. The Morgan fingerprint density at radius 3 is 2.66 bits per heavy atom. The molecule has 0 unspecified atom stereocenters. The number of epoxide rings is 1. The van der Waals surface area contributed by atoms with Gasteiger partial charge in [0.05, 0.1) is 36.7 Å². The summed E-state index contributed by atoms with van der Waals surface area (Å²) in [5.74, 6) is -0.564. The number of methoxy groups -OCH3 is 2. The van der Waals surface area contributed by atoms with Gasteiger partial charge in [0.2, 0.25) is 5.91 Å². The molecule has 3 aliphatic heterocycles. The number of fused-ring (bicyclic) bond motifs is 5. The Hall–Kier alpha value is -4.63. The van der Waals surface area contributed by atoms with Crippen molar-refractivity contribution < 1.29 is 43.2 Å². The zero-order chi connectivity index (χ0) is 38.8. The molecule has 15 heteroatoms. The minimum atomic E-state index is -1.82. The van der Waals surface area contributed by atoms with E-state index in [-0.39, 0.29) is 17.9 Å². The van der Waals surface area contributed by atoms with E-state index in [0.717, 1.165) is 11.1 Å². The van der Waals surface area contributed by atoms with Crippen LogP contribution in [0.2, 0.25) is 5.02 Å². The molecule has 0 spiro atoms. The largest absolute Gasteiger partial charge is 0.495 e. The molecule has 4 bridgehead atoms. The van der Waals surface area contributed by atoms with Crippen LogP contribution >= 0.6 is 11.6 Å². The maximum atomic E-state index is 14.1. The van der Waals surface area contributed by atoms with Gasteiger partial charge in [-0.2, -0.15) is 0 Å². The third-order valence-corrected chi connectivity index (χ3v) is 10.5. The molecular weight excluding hydrogens is 706 g/mol. The number of hydrogen-bond acceptors (Lipinski definition) is 11. The third-order valence-electron chi connectivity index (χ3n) is 10.2. The predicted octanol–water partition coefficient (Wildman–Crippen LogP) is 5.99. The van der Waals surface area contributed by atoms with Crippen molar-refractivity contribution in [1.29, 1.82) is 0 Å². The van der Waals surface area contributed by atoms with Gasteiger partial charge in [-0.3, -0.25) is 20.4 Å². The van der Waals surface area contributed by atoms with Crippen molar-refractivity contribution in [1.82, 2.24) is 5.32 Å². The Morgan fingerprint density at radius 1 is 1.25 bits per heavy atom. The molecule has 7 atom stereocenters. The lowest BCUT2D eigenvalue weighted by molar-refractivity contribution is -0.142. The minimum Gasteiger partial charge on any atom is -0.495 e. The standard InChI is InChI=1S/C38H48ClN5O9/c1-9-41-33-21(3)25(14-13-24(33)40)42-35(46)52-30-18-31(45)44(6)26-16-23(17-27(49-7)32(26)39)15-20(2)11-10-12-29(50-8)38(48)19-28(51-36(47)43-38)22(4)34-37(30,5)53-34/h9-14,16-17,22,28-30,34,48H,15,18-19,40H2,1-8H3,(H,42,46)(H,43,47)/b12-10+,20-11+,41-9-/t22-,28+,29-,30+,34+,37+,38+/m1/s1. The number of aliphatic imine (C=N–C) groups is 1. The first kappa shape index (κ1) is 39.6. The second-order valence-corrected chi connectivity index (χ2v) is 14.3. The number of nitrogens with one attached hydrogen (secondary N) is 2. The number of aliphatic hydroxyl groups is 1. The van der Waals surface area contributed by atoms with Gasteiger partial charge in [-0.1, -0.05) is 42.3 Å². The third kappa shape index (κ3) is 8.30. The van der Waals surface area contributed by atoms with E-state index in [0.29, 0.717) is 40.5 Å². The fourth-order valence-electron chi connectivity index (χ4n) is 7.03. The van der Waals surface area contributed by atoms with Crippen molar-refractivity contribution in [2.45, 2.75) is 89.6 Å². The second-order valence-electron chi connectivity index (χ2n) is 13.9. The summed E-state index contributed by atoms with van der Waals surface area (Å²) in [6, 6.07) is 6.86. The highest BCUT2D eigenvalue weighted by Gasteiger charge is 2.64. The zero-order valence-electron chi connectivity index (χ0n) is 31.2. The number of benzene rings is 2. The number of rotatable bonds is 5. The molecule has 0 aromatic heterocycles. The molecule has 3 aliphatic rings. The van der Waals surface area contributed by atoms with Crippen molar-refractivity contribution in [3.8, 4) is 5.75 Å². The molecule has 3 amide bonds. The molecule has 5 N–H and O–H groups in total. The average Bonchev–Trinajstić information content (AvgIpc) is 3.80. The van der Waals surface area contributed by atoms with E-state index in [9.17, 15) is 19.5 Å². The van der Waals surface area contributed by atoms with Gasteiger partial charge >= 0.3 is 12.2 Å². The average molecular weight is 754 g/mol. The van der Waals surface area contributed by atoms with Gasteiger partial charge < -0.3 is 39.4 Å². The summed E-state index contributed by atoms with van der Waals surface area (Å²) in [6.07, 6.45) is 1.77. The Labute approximate surface area is 314 Å². The Kier molecular flexibility index (Phi) is 11.8. The molecule has 3 heterocycles. The van der Waals surface area contributed by atoms with Crippen molar-refractivity contribution in [3.05, 3.63) is 64.2 Å². The Bertz CT molecular complexity index is 1850. The van der Waals surface area contributed by atoms with Crippen molar-refractivity contribution in [2.24, 2.45) is 10.9 Å². The molecule has 2 aromatic carbocycles. The van der Waals surface area contributed by atoms with Crippen LogP contribution in [0.25, 0.3) is 0 Å². The number of hydrogen-bond donors (Lipinski definition) is 4. The molecule has 0 radical (unpaired) electrons. The van der Waals surface area contributed by atoms with Crippen molar-refractivity contribution in [2.75, 3.05) is 37.2 Å². The van der Waals surface area contributed by atoms with E-state index in [4.69, 9.17) is 41.0 Å². The number of amides is 3. The van der Waals surface area contributed by atoms with Gasteiger partial charge in [-0.15, -0.1) is 0 Å². The van der Waals surface area contributed by atoms with Gasteiger partial charge in [0.25, 0.3) is 0 Å². The van der Waals surface area contributed by atoms with Crippen LogP contribution in [0.15, 0.2) is 53.1 Å². The number of carbonyl (C=O) groups is 3. The molecule has 14 nitrogen and oxygen atoms in total. The number of halogens is 1. The van der Waals surface area contributed by atoms with Crippen LogP contribution in [-0.2, 0) is 30.2 Å². The first-order chi connectivity index (χ1) is 25.0.